The molecule has 0 amide bonds. The number of hydrogen-bond acceptors (Lipinski definition) is 1. The zero-order valence-electron chi connectivity index (χ0n) is 11.7. The van der Waals surface area contributed by atoms with E-state index >= 15 is 0 Å². The quantitative estimate of drug-likeness (QED) is 0.786. The van der Waals surface area contributed by atoms with Gasteiger partial charge in [0.25, 0.3) is 0 Å². The van der Waals surface area contributed by atoms with Crippen molar-refractivity contribution in [3.63, 3.8) is 0 Å². The Balaban J connectivity index is 2.13. The van der Waals surface area contributed by atoms with Gasteiger partial charge in [0, 0.05) is 18.0 Å². The summed E-state index contributed by atoms with van der Waals surface area (Å²) in [5.41, 5.74) is 3.03. The third kappa shape index (κ3) is 2.08. The van der Waals surface area contributed by atoms with Crippen molar-refractivity contribution in [3.05, 3.63) is 71.8 Å². The molecule has 19 heavy (non-hydrogen) atoms. The Kier molecular flexibility index (Phi) is 3.16. The molecular weight excluding hydrogens is 230 g/mol. The first-order valence-corrected chi connectivity index (χ1v) is 7.04. The largest absolute Gasteiger partial charge is 0.302 e. The first-order chi connectivity index (χ1) is 9.22. The van der Waals surface area contributed by atoms with Crippen LogP contribution in [0.3, 0.4) is 0 Å². The van der Waals surface area contributed by atoms with E-state index in [9.17, 15) is 0 Å². The molecule has 1 nitrogen and oxygen atoms in total. The van der Waals surface area contributed by atoms with Crippen LogP contribution in [0.15, 0.2) is 60.7 Å². The summed E-state index contributed by atoms with van der Waals surface area (Å²) in [6.45, 7) is 3.43. The zero-order valence-corrected chi connectivity index (χ0v) is 11.7. The van der Waals surface area contributed by atoms with Crippen LogP contribution in [0.2, 0.25) is 0 Å². The Morgan fingerprint density at radius 1 is 0.895 bits per heavy atom. The van der Waals surface area contributed by atoms with Gasteiger partial charge in [0.05, 0.1) is 0 Å². The number of nitrogens with zero attached hydrogens (tertiary/aromatic N) is 1. The Bertz CT molecular complexity index is 481. The molecule has 1 aliphatic rings. The van der Waals surface area contributed by atoms with Crippen molar-refractivity contribution in [2.45, 2.75) is 24.8 Å². The minimum atomic E-state index is 0.149. The van der Waals surface area contributed by atoms with E-state index in [0.29, 0.717) is 6.04 Å². The fourth-order valence-corrected chi connectivity index (χ4v) is 3.41. The van der Waals surface area contributed by atoms with E-state index in [-0.39, 0.29) is 5.41 Å². The van der Waals surface area contributed by atoms with Crippen molar-refractivity contribution in [1.29, 1.82) is 0 Å². The van der Waals surface area contributed by atoms with E-state index in [4.69, 9.17) is 0 Å². The van der Waals surface area contributed by atoms with Gasteiger partial charge in [-0.2, -0.15) is 0 Å². The first-order valence-electron chi connectivity index (χ1n) is 7.04. The first kappa shape index (κ1) is 12.4. The van der Waals surface area contributed by atoms with E-state index in [2.05, 4.69) is 79.5 Å². The Hall–Kier alpha value is -1.60. The average Bonchev–Trinajstić information content (AvgIpc) is 2.78. The molecule has 98 valence electrons. The van der Waals surface area contributed by atoms with Gasteiger partial charge in [-0.3, -0.25) is 0 Å². The second kappa shape index (κ2) is 4.82. The van der Waals surface area contributed by atoms with E-state index < -0.39 is 0 Å². The second-order valence-corrected chi connectivity index (χ2v) is 5.78. The number of likely N-dealkylation sites (tertiary alicyclic amines) is 1. The van der Waals surface area contributed by atoms with E-state index in [0.717, 1.165) is 6.54 Å². The maximum absolute atomic E-state index is 2.47. The molecule has 0 radical (unpaired) electrons. The molecule has 3 rings (SSSR count). The summed E-state index contributed by atoms with van der Waals surface area (Å²) in [4.78, 5) is 2.47. The number of likely N-dealkylation sites (N-methyl/N-ethyl adjacent to an activating group) is 1. The van der Waals surface area contributed by atoms with Crippen LogP contribution in [-0.2, 0) is 5.41 Å². The molecule has 0 unspecified atom stereocenters. The van der Waals surface area contributed by atoms with Crippen LogP contribution < -0.4 is 0 Å². The minimum Gasteiger partial charge on any atom is -0.302 e. The smallest absolute Gasteiger partial charge is 0.0344 e. The zero-order chi connectivity index (χ0) is 13.3. The summed E-state index contributed by atoms with van der Waals surface area (Å²) in [5, 5.41) is 0. The molecule has 1 fully saturated rings. The third-order valence-electron chi connectivity index (χ3n) is 4.57. The molecule has 1 aliphatic heterocycles. The van der Waals surface area contributed by atoms with Gasteiger partial charge < -0.3 is 4.90 Å². The van der Waals surface area contributed by atoms with Gasteiger partial charge in [-0.1, -0.05) is 60.7 Å². The molecule has 2 aromatic carbocycles. The number of hydrogen-bond donors (Lipinski definition) is 0. The predicted octanol–water partition coefficient (Wildman–Crippen LogP) is 3.70. The molecule has 0 spiro atoms. The van der Waals surface area contributed by atoms with Crippen molar-refractivity contribution in [1.82, 2.24) is 4.90 Å². The molecule has 0 N–H and O–H groups in total. The van der Waals surface area contributed by atoms with Crippen LogP contribution in [-0.4, -0.2) is 24.5 Å². The van der Waals surface area contributed by atoms with Gasteiger partial charge in [-0.15, -0.1) is 0 Å². The molecule has 2 aromatic rings. The number of benzene rings is 2. The SMILES string of the molecule is C[C@H]1CC(c2ccccc2)(c2ccccc2)CN1C. The van der Waals surface area contributed by atoms with E-state index in [1.807, 2.05) is 0 Å². The summed E-state index contributed by atoms with van der Waals surface area (Å²) in [6, 6.07) is 22.6. The highest BCUT2D eigenvalue weighted by atomic mass is 15.2. The normalized spacial score (nSPS) is 22.5. The highest BCUT2D eigenvalue weighted by Gasteiger charge is 2.43. The van der Waals surface area contributed by atoms with Crippen molar-refractivity contribution < 1.29 is 0 Å². The summed E-state index contributed by atoms with van der Waals surface area (Å²) >= 11 is 0. The van der Waals surface area contributed by atoms with Crippen LogP contribution >= 0.6 is 0 Å². The molecule has 1 saturated heterocycles. The molecule has 0 saturated carbocycles. The Morgan fingerprint density at radius 3 is 1.74 bits per heavy atom. The van der Waals surface area contributed by atoms with Crippen molar-refractivity contribution >= 4 is 0 Å². The van der Waals surface area contributed by atoms with Crippen LogP contribution in [0, 0.1) is 0 Å². The lowest BCUT2D eigenvalue weighted by Crippen LogP contribution is -2.31. The predicted molar refractivity (Wildman–Crippen MR) is 80.4 cm³/mol. The summed E-state index contributed by atoms with van der Waals surface area (Å²) in [5.74, 6) is 0. The molecule has 1 heteroatoms. The van der Waals surface area contributed by atoms with Gasteiger partial charge in [0.2, 0.25) is 0 Å². The van der Waals surface area contributed by atoms with Gasteiger partial charge in [0.1, 0.15) is 0 Å². The maximum atomic E-state index is 2.47. The van der Waals surface area contributed by atoms with Crippen molar-refractivity contribution in [2.75, 3.05) is 13.6 Å². The monoisotopic (exact) mass is 251 g/mol. The van der Waals surface area contributed by atoms with E-state index in [1.165, 1.54) is 17.5 Å². The topological polar surface area (TPSA) is 3.24 Å². The summed E-state index contributed by atoms with van der Waals surface area (Å²) in [6.07, 6.45) is 1.19. The molecule has 0 aromatic heterocycles. The summed E-state index contributed by atoms with van der Waals surface area (Å²) < 4.78 is 0. The Morgan fingerprint density at radius 2 is 1.37 bits per heavy atom. The van der Waals surface area contributed by atoms with Crippen LogP contribution in [0.1, 0.15) is 24.5 Å². The Labute approximate surface area is 115 Å². The molecule has 1 atom stereocenters. The van der Waals surface area contributed by atoms with Gasteiger partial charge in [-0.05, 0) is 31.5 Å². The number of rotatable bonds is 2. The summed E-state index contributed by atoms with van der Waals surface area (Å²) in [7, 11) is 2.23. The lowest BCUT2D eigenvalue weighted by atomic mass is 9.73. The lowest BCUT2D eigenvalue weighted by Gasteiger charge is -2.30. The lowest BCUT2D eigenvalue weighted by molar-refractivity contribution is 0.324. The maximum Gasteiger partial charge on any atom is 0.0344 e. The standard InChI is InChI=1S/C18H21N/c1-15-13-18(14-19(15)2,16-9-5-3-6-10-16)17-11-7-4-8-12-17/h3-12,15H,13-14H2,1-2H3/t15-/m0/s1. The van der Waals surface area contributed by atoms with Crippen molar-refractivity contribution in [3.8, 4) is 0 Å². The molecule has 0 bridgehead atoms. The third-order valence-corrected chi connectivity index (χ3v) is 4.57. The molecule has 1 heterocycles. The highest BCUT2D eigenvalue weighted by Crippen LogP contribution is 2.42. The van der Waals surface area contributed by atoms with Gasteiger partial charge >= 0.3 is 0 Å². The van der Waals surface area contributed by atoms with Crippen LogP contribution in [0.4, 0.5) is 0 Å². The van der Waals surface area contributed by atoms with Gasteiger partial charge in [-0.25, -0.2) is 0 Å². The van der Waals surface area contributed by atoms with Crippen LogP contribution in [0.5, 0.6) is 0 Å². The molecule has 0 aliphatic carbocycles. The second-order valence-electron chi connectivity index (χ2n) is 5.78. The molecular formula is C18H21N. The fraction of sp³-hybridized carbons (Fsp3) is 0.333. The van der Waals surface area contributed by atoms with Crippen molar-refractivity contribution in [2.24, 2.45) is 0 Å². The fourth-order valence-electron chi connectivity index (χ4n) is 3.41. The average molecular weight is 251 g/mol. The van der Waals surface area contributed by atoms with Gasteiger partial charge in [0.15, 0.2) is 0 Å². The minimum absolute atomic E-state index is 0.149. The van der Waals surface area contributed by atoms with Crippen LogP contribution in [0.25, 0.3) is 0 Å². The highest BCUT2D eigenvalue weighted by molar-refractivity contribution is 5.41. The van der Waals surface area contributed by atoms with E-state index in [1.54, 1.807) is 0 Å².